The number of carbonyl (C=O) groups excluding carboxylic acids is 2. The smallest absolute Gasteiger partial charge is 0.419 e. The van der Waals surface area contributed by atoms with Crippen LogP contribution in [0.4, 0.5) is 29.6 Å². The molecule has 1 atom stereocenters. The molecule has 2 aliphatic rings. The summed E-state index contributed by atoms with van der Waals surface area (Å²) < 4.78 is 48.5. The van der Waals surface area contributed by atoms with Gasteiger partial charge in [-0.05, 0) is 82.1 Å². The third-order valence-corrected chi connectivity index (χ3v) is 8.92. The van der Waals surface area contributed by atoms with Gasteiger partial charge in [0.05, 0.1) is 16.7 Å². The van der Waals surface area contributed by atoms with Gasteiger partial charge >= 0.3 is 12.3 Å². The third-order valence-electron chi connectivity index (χ3n) is 8.92. The summed E-state index contributed by atoms with van der Waals surface area (Å²) in [6.45, 7) is 6.73. The Morgan fingerprint density at radius 1 is 1.04 bits per heavy atom. The normalized spacial score (nSPS) is 17.7. The van der Waals surface area contributed by atoms with Crippen LogP contribution in [0.2, 0.25) is 0 Å². The molecule has 0 bridgehead atoms. The van der Waals surface area contributed by atoms with Crippen molar-refractivity contribution in [3.63, 3.8) is 0 Å². The molecule has 1 saturated heterocycles. The van der Waals surface area contributed by atoms with Crippen LogP contribution in [0, 0.1) is 5.41 Å². The summed E-state index contributed by atoms with van der Waals surface area (Å²) >= 11 is 0. The van der Waals surface area contributed by atoms with Gasteiger partial charge in [0, 0.05) is 30.9 Å². The van der Waals surface area contributed by atoms with Gasteiger partial charge < -0.3 is 20.7 Å². The highest BCUT2D eigenvalue weighted by Crippen LogP contribution is 2.54. The molecule has 11 heteroatoms. The molecule has 1 aromatic heterocycles. The van der Waals surface area contributed by atoms with Crippen LogP contribution in [0.1, 0.15) is 87.1 Å². The molecule has 1 unspecified atom stereocenters. The van der Waals surface area contributed by atoms with E-state index in [0.717, 1.165) is 30.2 Å². The van der Waals surface area contributed by atoms with Crippen molar-refractivity contribution < 1.29 is 27.5 Å². The highest BCUT2D eigenvalue weighted by molar-refractivity contribution is 5.83. The second-order valence-corrected chi connectivity index (χ2v) is 13.1. The average Bonchev–Trinajstić information content (AvgIpc) is 2.95. The summed E-state index contributed by atoms with van der Waals surface area (Å²) in [5.41, 5.74) is 5.52. The highest BCUT2D eigenvalue weighted by atomic mass is 19.4. The Morgan fingerprint density at radius 2 is 1.69 bits per heavy atom. The number of nitrogens with zero attached hydrogens (tertiary/aromatic N) is 3. The van der Waals surface area contributed by atoms with Crippen LogP contribution in [-0.4, -0.2) is 45.6 Å². The van der Waals surface area contributed by atoms with E-state index in [1.165, 1.54) is 0 Å². The third kappa shape index (κ3) is 7.40. The number of hydrogen-bond acceptors (Lipinski definition) is 6. The number of amides is 2. The van der Waals surface area contributed by atoms with Crippen LogP contribution in [0.25, 0.3) is 0 Å². The van der Waals surface area contributed by atoms with E-state index in [9.17, 15) is 22.8 Å². The number of benzene rings is 2. The first-order valence-electron chi connectivity index (χ1n) is 15.4. The van der Waals surface area contributed by atoms with E-state index in [1.807, 2.05) is 75.4 Å². The molecule has 45 heavy (non-hydrogen) atoms. The second kappa shape index (κ2) is 12.7. The Kier molecular flexibility index (Phi) is 9.09. The minimum atomic E-state index is -4.72. The van der Waals surface area contributed by atoms with Crippen molar-refractivity contribution in [2.24, 2.45) is 11.1 Å². The molecular formula is C34H40F3N5O3. The fourth-order valence-corrected chi connectivity index (χ4v) is 6.36. The minimum absolute atomic E-state index is 0.00780. The minimum Gasteiger partial charge on any atom is -0.444 e. The molecule has 2 amide bonds. The summed E-state index contributed by atoms with van der Waals surface area (Å²) in [6.07, 6.45) is -0.938. The zero-order chi connectivity index (χ0) is 32.4. The maximum absolute atomic E-state index is 14.3. The quantitative estimate of drug-likeness (QED) is 0.272. The molecule has 2 aromatic carbocycles. The number of nitrogens with one attached hydrogen (secondary N) is 1. The number of ether oxygens (including phenoxy) is 1. The van der Waals surface area contributed by atoms with E-state index in [-0.39, 0.29) is 30.1 Å². The standard InChI is InChI=1S/C34H40F3N5O3/c1-32(2,3)45-31(44)42-18-14-24(15-19-42)23-10-12-25(13-11-23)40-30-39-21-27(34(35,36)37)28(41-30)26(20-22-8-5-4-6-9-22)33(29(38)43)16-7-17-33/h4-6,8-13,21,24,26H,7,14-20H2,1-3H3,(H2,38,43)(H,39,40,41). The van der Waals surface area contributed by atoms with Crippen LogP contribution in [-0.2, 0) is 22.1 Å². The van der Waals surface area contributed by atoms with Gasteiger partial charge in [-0.1, -0.05) is 48.9 Å². The van der Waals surface area contributed by atoms with E-state index in [4.69, 9.17) is 10.5 Å². The molecule has 1 saturated carbocycles. The van der Waals surface area contributed by atoms with Crippen molar-refractivity contribution in [3.05, 3.63) is 83.2 Å². The predicted molar refractivity (Wildman–Crippen MR) is 165 cm³/mol. The molecule has 5 rings (SSSR count). The van der Waals surface area contributed by atoms with Crippen LogP contribution in [0.15, 0.2) is 60.8 Å². The molecule has 3 aromatic rings. The predicted octanol–water partition coefficient (Wildman–Crippen LogP) is 7.34. The topological polar surface area (TPSA) is 110 Å². The summed E-state index contributed by atoms with van der Waals surface area (Å²) in [7, 11) is 0. The van der Waals surface area contributed by atoms with Gasteiger partial charge in [-0.3, -0.25) is 4.79 Å². The van der Waals surface area contributed by atoms with Crippen LogP contribution in [0.5, 0.6) is 0 Å². The fourth-order valence-electron chi connectivity index (χ4n) is 6.36. The highest BCUT2D eigenvalue weighted by Gasteiger charge is 2.52. The van der Waals surface area contributed by atoms with Crippen LogP contribution >= 0.6 is 0 Å². The Hall–Kier alpha value is -4.15. The average molecular weight is 624 g/mol. The van der Waals surface area contributed by atoms with E-state index in [0.29, 0.717) is 38.0 Å². The Balaban J connectivity index is 1.36. The lowest BCUT2D eigenvalue weighted by Crippen LogP contribution is -2.48. The number of nitrogens with two attached hydrogens (primary N) is 1. The van der Waals surface area contributed by atoms with Crippen molar-refractivity contribution in [2.45, 2.75) is 82.9 Å². The van der Waals surface area contributed by atoms with Gasteiger partial charge in [0.25, 0.3) is 0 Å². The Bertz CT molecular complexity index is 1490. The van der Waals surface area contributed by atoms with Crippen LogP contribution < -0.4 is 11.1 Å². The van der Waals surface area contributed by atoms with Crippen molar-refractivity contribution in [3.8, 4) is 0 Å². The zero-order valence-corrected chi connectivity index (χ0v) is 25.9. The number of piperidine rings is 1. The number of alkyl halides is 3. The largest absolute Gasteiger partial charge is 0.444 e. The summed E-state index contributed by atoms with van der Waals surface area (Å²) in [4.78, 5) is 35.4. The number of halogens is 3. The van der Waals surface area contributed by atoms with E-state index in [2.05, 4.69) is 15.3 Å². The van der Waals surface area contributed by atoms with Crippen molar-refractivity contribution in [1.82, 2.24) is 14.9 Å². The maximum atomic E-state index is 14.3. The summed E-state index contributed by atoms with van der Waals surface area (Å²) in [5, 5.41) is 3.06. The zero-order valence-electron chi connectivity index (χ0n) is 25.9. The molecule has 1 aliphatic carbocycles. The summed E-state index contributed by atoms with van der Waals surface area (Å²) in [6, 6.07) is 16.7. The van der Waals surface area contributed by atoms with Gasteiger partial charge in [-0.25, -0.2) is 14.8 Å². The fraction of sp³-hybridized carbons (Fsp3) is 0.471. The molecule has 1 aliphatic heterocycles. The van der Waals surface area contributed by atoms with Gasteiger partial charge in [-0.2, -0.15) is 13.2 Å². The molecule has 240 valence electrons. The lowest BCUT2D eigenvalue weighted by Gasteiger charge is -2.45. The Labute approximate surface area is 261 Å². The van der Waals surface area contributed by atoms with E-state index >= 15 is 0 Å². The number of carbonyl (C=O) groups is 2. The monoisotopic (exact) mass is 623 g/mol. The number of rotatable bonds is 8. The molecule has 2 fully saturated rings. The second-order valence-electron chi connectivity index (χ2n) is 13.1. The van der Waals surface area contributed by atoms with Crippen molar-refractivity contribution >= 4 is 23.6 Å². The SMILES string of the molecule is CC(C)(C)OC(=O)N1CCC(c2ccc(Nc3ncc(C(F)(F)F)c(C(Cc4ccccc4)C4(C(N)=O)CCC4)n3)cc2)CC1. The molecular weight excluding hydrogens is 583 g/mol. The first-order valence-corrected chi connectivity index (χ1v) is 15.4. The van der Waals surface area contributed by atoms with Gasteiger partial charge in [0.2, 0.25) is 11.9 Å². The van der Waals surface area contributed by atoms with Crippen molar-refractivity contribution in [1.29, 1.82) is 0 Å². The van der Waals surface area contributed by atoms with E-state index < -0.39 is 34.6 Å². The lowest BCUT2D eigenvalue weighted by molar-refractivity contribution is -0.142. The van der Waals surface area contributed by atoms with Crippen LogP contribution in [0.3, 0.4) is 0 Å². The number of aromatic nitrogens is 2. The first kappa shape index (κ1) is 32.2. The maximum Gasteiger partial charge on any atom is 0.419 e. The number of primary amides is 1. The van der Waals surface area contributed by atoms with Gasteiger partial charge in [0.15, 0.2) is 0 Å². The summed E-state index contributed by atoms with van der Waals surface area (Å²) in [5.74, 6) is -1.21. The molecule has 0 radical (unpaired) electrons. The lowest BCUT2D eigenvalue weighted by atomic mass is 9.58. The molecule has 2 heterocycles. The number of likely N-dealkylation sites (tertiary alicyclic amines) is 1. The molecule has 3 N–H and O–H groups in total. The molecule has 0 spiro atoms. The van der Waals surface area contributed by atoms with Crippen molar-refractivity contribution in [2.75, 3.05) is 18.4 Å². The van der Waals surface area contributed by atoms with E-state index in [1.54, 1.807) is 4.90 Å². The number of anilines is 2. The van der Waals surface area contributed by atoms with Gasteiger partial charge in [0.1, 0.15) is 5.60 Å². The van der Waals surface area contributed by atoms with Gasteiger partial charge in [-0.15, -0.1) is 0 Å². The Morgan fingerprint density at radius 3 is 2.22 bits per heavy atom. The number of hydrogen-bond donors (Lipinski definition) is 2. The molecule has 8 nitrogen and oxygen atoms in total. The first-order chi connectivity index (χ1) is 21.2.